The maximum absolute atomic E-state index is 13.5. The van der Waals surface area contributed by atoms with Gasteiger partial charge in [-0.15, -0.1) is 0 Å². The summed E-state index contributed by atoms with van der Waals surface area (Å²) in [6.45, 7) is 1.58. The third-order valence-electron chi connectivity index (χ3n) is 3.56. The molecule has 2 aromatic rings. The lowest BCUT2D eigenvalue weighted by atomic mass is 10.2. The molecular formula is C19H20FN3O4. The van der Waals surface area contributed by atoms with E-state index in [0.29, 0.717) is 22.8 Å². The summed E-state index contributed by atoms with van der Waals surface area (Å²) < 4.78 is 23.8. The normalized spacial score (nSPS) is 10.9. The minimum Gasteiger partial charge on any atom is -0.493 e. The Morgan fingerprint density at radius 3 is 2.44 bits per heavy atom. The van der Waals surface area contributed by atoms with Gasteiger partial charge >= 0.3 is 0 Å². The van der Waals surface area contributed by atoms with E-state index in [2.05, 4.69) is 15.8 Å². The summed E-state index contributed by atoms with van der Waals surface area (Å²) in [6.07, 6.45) is -0.0967. The van der Waals surface area contributed by atoms with Gasteiger partial charge in [-0.05, 0) is 37.3 Å². The largest absolute Gasteiger partial charge is 0.493 e. The predicted molar refractivity (Wildman–Crippen MR) is 99.8 cm³/mol. The number of hydrazone groups is 1. The first kappa shape index (κ1) is 19.9. The molecule has 0 aliphatic carbocycles. The van der Waals surface area contributed by atoms with Crippen molar-refractivity contribution < 1.29 is 23.5 Å². The quantitative estimate of drug-likeness (QED) is 0.577. The van der Waals surface area contributed by atoms with Gasteiger partial charge in [0, 0.05) is 11.3 Å². The van der Waals surface area contributed by atoms with Crippen LogP contribution in [0.1, 0.15) is 23.7 Å². The molecule has 0 saturated heterocycles. The number of methoxy groups -OCH3 is 2. The summed E-state index contributed by atoms with van der Waals surface area (Å²) in [5.74, 6) is -0.526. The van der Waals surface area contributed by atoms with Crippen LogP contribution in [0, 0.1) is 5.82 Å². The first-order valence-electron chi connectivity index (χ1n) is 8.04. The number of halogens is 1. The molecule has 8 heteroatoms. The molecule has 2 aromatic carbocycles. The van der Waals surface area contributed by atoms with Gasteiger partial charge in [-0.2, -0.15) is 5.10 Å². The lowest BCUT2D eigenvalue weighted by molar-refractivity contribution is -0.115. The third-order valence-corrected chi connectivity index (χ3v) is 3.56. The summed E-state index contributed by atoms with van der Waals surface area (Å²) in [5.41, 5.74) is 3.13. The van der Waals surface area contributed by atoms with Gasteiger partial charge in [-0.1, -0.05) is 12.1 Å². The van der Waals surface area contributed by atoms with Crippen molar-refractivity contribution in [1.29, 1.82) is 0 Å². The monoisotopic (exact) mass is 373 g/mol. The Bertz CT molecular complexity index is 868. The maximum atomic E-state index is 13.5. The van der Waals surface area contributed by atoms with Crippen molar-refractivity contribution in [3.63, 3.8) is 0 Å². The van der Waals surface area contributed by atoms with E-state index in [-0.39, 0.29) is 12.1 Å². The number of nitrogens with one attached hydrogen (secondary N) is 2. The van der Waals surface area contributed by atoms with Crippen LogP contribution >= 0.6 is 0 Å². The molecular weight excluding hydrogens is 353 g/mol. The Morgan fingerprint density at radius 2 is 1.78 bits per heavy atom. The number of anilines is 1. The molecule has 0 heterocycles. The van der Waals surface area contributed by atoms with Gasteiger partial charge < -0.3 is 14.8 Å². The lowest BCUT2D eigenvalue weighted by Crippen LogP contribution is -2.21. The molecule has 0 saturated carbocycles. The summed E-state index contributed by atoms with van der Waals surface area (Å²) in [4.78, 5) is 24.1. The van der Waals surface area contributed by atoms with Crippen molar-refractivity contribution in [2.45, 2.75) is 13.3 Å². The van der Waals surface area contributed by atoms with E-state index in [4.69, 9.17) is 9.47 Å². The summed E-state index contributed by atoms with van der Waals surface area (Å²) >= 11 is 0. The van der Waals surface area contributed by atoms with Gasteiger partial charge in [0.25, 0.3) is 5.91 Å². The van der Waals surface area contributed by atoms with Crippen LogP contribution in [0.25, 0.3) is 0 Å². The fraction of sp³-hybridized carbons (Fsp3) is 0.211. The molecule has 0 radical (unpaired) electrons. The van der Waals surface area contributed by atoms with Gasteiger partial charge in [0.2, 0.25) is 5.91 Å². The highest BCUT2D eigenvalue weighted by Crippen LogP contribution is 2.27. The van der Waals surface area contributed by atoms with Crippen molar-refractivity contribution in [1.82, 2.24) is 5.43 Å². The molecule has 2 rings (SSSR count). The number of carbonyl (C=O) groups is 2. The van der Waals surface area contributed by atoms with Crippen LogP contribution in [-0.4, -0.2) is 31.7 Å². The van der Waals surface area contributed by atoms with E-state index in [1.807, 2.05) is 0 Å². The SMILES string of the molecule is COc1ccc(C(=O)N/N=C(/C)CC(=O)Nc2ccccc2F)cc1OC. The molecule has 0 unspecified atom stereocenters. The molecule has 2 amide bonds. The van der Waals surface area contributed by atoms with Crippen molar-refractivity contribution in [3.05, 3.63) is 53.8 Å². The number of para-hydroxylation sites is 1. The van der Waals surface area contributed by atoms with Crippen molar-refractivity contribution >= 4 is 23.2 Å². The second-order valence-corrected chi connectivity index (χ2v) is 5.56. The topological polar surface area (TPSA) is 89.0 Å². The molecule has 0 atom stereocenters. The minimum absolute atomic E-state index is 0.0877. The number of benzene rings is 2. The molecule has 0 aliphatic rings. The zero-order chi connectivity index (χ0) is 19.8. The lowest BCUT2D eigenvalue weighted by Gasteiger charge is -2.09. The van der Waals surface area contributed by atoms with Gasteiger partial charge in [0.1, 0.15) is 5.82 Å². The number of nitrogens with zero attached hydrogens (tertiary/aromatic N) is 1. The highest BCUT2D eigenvalue weighted by Gasteiger charge is 2.11. The van der Waals surface area contributed by atoms with Crippen LogP contribution in [0.5, 0.6) is 11.5 Å². The second kappa shape index (κ2) is 9.33. The smallest absolute Gasteiger partial charge is 0.271 e. The van der Waals surface area contributed by atoms with E-state index >= 15 is 0 Å². The Kier molecular flexibility index (Phi) is 6.87. The molecule has 0 spiro atoms. The van der Waals surface area contributed by atoms with Crippen LogP contribution in [0.3, 0.4) is 0 Å². The van der Waals surface area contributed by atoms with Crippen molar-refractivity contribution in [3.8, 4) is 11.5 Å². The fourth-order valence-electron chi connectivity index (χ4n) is 2.22. The van der Waals surface area contributed by atoms with Crippen LogP contribution < -0.4 is 20.2 Å². The number of carbonyl (C=O) groups excluding carboxylic acids is 2. The third kappa shape index (κ3) is 5.53. The molecule has 0 bridgehead atoms. The van der Waals surface area contributed by atoms with Gasteiger partial charge in [0.05, 0.1) is 26.3 Å². The highest BCUT2D eigenvalue weighted by atomic mass is 19.1. The minimum atomic E-state index is -0.526. The standard InChI is InChI=1S/C19H20FN3O4/c1-12(10-18(24)21-15-7-5-4-6-14(15)20)22-23-19(25)13-8-9-16(26-2)17(11-13)27-3/h4-9,11H,10H2,1-3H3,(H,21,24)(H,23,25)/b22-12-. The summed E-state index contributed by atoms with van der Waals surface area (Å²) in [5, 5.41) is 6.34. The molecule has 7 nitrogen and oxygen atoms in total. The van der Waals surface area contributed by atoms with E-state index in [1.54, 1.807) is 25.1 Å². The van der Waals surface area contributed by atoms with Gasteiger partial charge in [-0.25, -0.2) is 9.82 Å². The van der Waals surface area contributed by atoms with E-state index in [1.165, 1.54) is 38.5 Å². The maximum Gasteiger partial charge on any atom is 0.271 e. The predicted octanol–water partition coefficient (Wildman–Crippen LogP) is 2.98. The second-order valence-electron chi connectivity index (χ2n) is 5.56. The van der Waals surface area contributed by atoms with E-state index in [0.717, 1.165) is 0 Å². The molecule has 142 valence electrons. The molecule has 0 aliphatic heterocycles. The first-order valence-corrected chi connectivity index (χ1v) is 8.04. The zero-order valence-corrected chi connectivity index (χ0v) is 15.2. The number of ether oxygens (including phenoxy) is 2. The Labute approximate surface area is 156 Å². The van der Waals surface area contributed by atoms with Crippen LogP contribution in [0.15, 0.2) is 47.6 Å². The van der Waals surface area contributed by atoms with Crippen molar-refractivity contribution in [2.24, 2.45) is 5.10 Å². The van der Waals surface area contributed by atoms with Gasteiger partial charge in [0.15, 0.2) is 11.5 Å². The zero-order valence-electron chi connectivity index (χ0n) is 15.2. The van der Waals surface area contributed by atoms with Crippen molar-refractivity contribution in [2.75, 3.05) is 19.5 Å². The average Bonchev–Trinajstić information content (AvgIpc) is 2.67. The summed E-state index contributed by atoms with van der Waals surface area (Å²) in [6, 6.07) is 10.5. The highest BCUT2D eigenvalue weighted by molar-refractivity contribution is 6.06. The Morgan fingerprint density at radius 1 is 1.07 bits per heavy atom. The van der Waals surface area contributed by atoms with Crippen LogP contribution in [-0.2, 0) is 4.79 Å². The number of rotatable bonds is 7. The molecule has 2 N–H and O–H groups in total. The average molecular weight is 373 g/mol. The first-order chi connectivity index (χ1) is 12.9. The Hall–Kier alpha value is -3.42. The van der Waals surface area contributed by atoms with E-state index < -0.39 is 17.6 Å². The Balaban J connectivity index is 1.95. The fourth-order valence-corrected chi connectivity index (χ4v) is 2.22. The molecule has 27 heavy (non-hydrogen) atoms. The van der Waals surface area contributed by atoms with E-state index in [9.17, 15) is 14.0 Å². The molecule has 0 aromatic heterocycles. The van der Waals surface area contributed by atoms with Crippen LogP contribution in [0.4, 0.5) is 10.1 Å². The number of amides is 2. The number of hydrogen-bond donors (Lipinski definition) is 2. The molecule has 0 fully saturated rings. The van der Waals surface area contributed by atoms with Crippen LogP contribution in [0.2, 0.25) is 0 Å². The van der Waals surface area contributed by atoms with Gasteiger partial charge in [-0.3, -0.25) is 9.59 Å². The number of hydrogen-bond acceptors (Lipinski definition) is 5. The summed E-state index contributed by atoms with van der Waals surface area (Å²) in [7, 11) is 2.97.